The number of nitrogens with one attached hydrogen (secondary N) is 16. The summed E-state index contributed by atoms with van der Waals surface area (Å²) in [6, 6.07) is 8.99. The molecule has 0 spiro atoms. The number of alkyl halides is 6. The summed E-state index contributed by atoms with van der Waals surface area (Å²) in [6.45, 7) is 11.4. The fourth-order valence-corrected chi connectivity index (χ4v) is 15.5. The zero-order valence-electron chi connectivity index (χ0n) is 76.3. The highest BCUT2D eigenvalue weighted by atomic mass is 32.2. The normalized spacial score (nSPS) is 15.6. The number of para-hydroxylation sites is 1. The first-order valence-corrected chi connectivity index (χ1v) is 44.7. The highest BCUT2D eigenvalue weighted by molar-refractivity contribution is 7.91. The number of halogens is 7. The molecule has 51 heteroatoms. The minimum atomic E-state index is -4.86. The van der Waals surface area contributed by atoms with Crippen LogP contribution in [-0.4, -0.2) is 229 Å². The van der Waals surface area contributed by atoms with Gasteiger partial charge in [0.05, 0.1) is 63.6 Å². The molecule has 139 heavy (non-hydrogen) atoms. The molecule has 9 rings (SSSR count). The van der Waals surface area contributed by atoms with E-state index in [0.717, 1.165) is 55.5 Å². The molecule has 5 aromatic carbocycles. The number of aliphatic hydroxyl groups is 2. The molecular weight excluding hydrogens is 1870 g/mol. The molecule has 14 amide bonds. The second-order valence-corrected chi connectivity index (χ2v) is 36.1. The maximum absolute atomic E-state index is 14.8. The van der Waals surface area contributed by atoms with Crippen molar-refractivity contribution in [3.63, 3.8) is 0 Å². The minimum absolute atomic E-state index is 0.00232. The SMILES string of the molecule is CC(C)C(=O)Nc1ccc([N+](=O)[O-])c(C(F)(F)F)c1.CC(C)C[C@H](NC(=O)[C@@H](COC(C)(C)C)NC(=O)[C@H](Cc1ccc(O)cc1)NC(=O)[C@H](CO)NC(=O)[C@H](Cc1c[nH]c2ccccc12)NC(=O)[C@H](Cc1c[nH]cn1)NC(=O)[C@@H]1CCC(=O)N1)C(=O)N[C@@H](CCCNC(=N)N)C(=O)N1CCC[C@H]1C(=O)NNC(N)=O.CC(O)(CS(=O)(=O)c1ccc(F)cc1)C(=O)Nc1ccc(C#N)c(C(F)(F)F)c1. The molecule has 0 aliphatic carbocycles. The molecule has 0 saturated carbocycles. The van der Waals surface area contributed by atoms with Crippen molar-refractivity contribution in [3.05, 3.63) is 177 Å². The Kier molecular flexibility index (Phi) is 39.7. The number of phenols is 1. The lowest BCUT2D eigenvalue weighted by atomic mass is 10.0. The average Bonchev–Trinajstić information content (AvgIpc) is 1.15. The van der Waals surface area contributed by atoms with Crippen LogP contribution in [0.4, 0.5) is 52.6 Å². The number of benzene rings is 5. The molecule has 23 N–H and O–H groups in total. The summed E-state index contributed by atoms with van der Waals surface area (Å²) < 4.78 is 121. The Morgan fingerprint density at radius 1 is 0.691 bits per heavy atom. The number of aromatic amines is 2. The zero-order valence-corrected chi connectivity index (χ0v) is 77.1. The van der Waals surface area contributed by atoms with E-state index in [9.17, 15) is 127 Å². The number of urea groups is 1. The predicted octanol–water partition coefficient (Wildman–Crippen LogP) is 3.19. The lowest BCUT2D eigenvalue weighted by Crippen LogP contribution is -2.62. The molecule has 4 heterocycles. The average molecular weight is 1980 g/mol. The van der Waals surface area contributed by atoms with Crippen molar-refractivity contribution in [2.75, 3.05) is 42.7 Å². The first kappa shape index (κ1) is 111. The van der Waals surface area contributed by atoms with Crippen LogP contribution in [0.5, 0.6) is 5.75 Å². The number of nitrogens with two attached hydrogens (primary N) is 2. The van der Waals surface area contributed by atoms with Gasteiger partial charge in [0.1, 0.15) is 71.5 Å². The Morgan fingerprint density at radius 3 is 1.83 bits per heavy atom. The van der Waals surface area contributed by atoms with Crippen LogP contribution in [0.3, 0.4) is 0 Å². The number of imidazole rings is 1. The number of nitrogens with zero attached hydrogens (tertiary/aromatic N) is 4. The first-order valence-electron chi connectivity index (χ1n) is 43.1. The number of guanidine groups is 1. The van der Waals surface area contributed by atoms with Crippen molar-refractivity contribution in [2.24, 2.45) is 23.3 Å². The first-order chi connectivity index (χ1) is 65.1. The Morgan fingerprint density at radius 2 is 1.26 bits per heavy atom. The van der Waals surface area contributed by atoms with Crippen molar-refractivity contribution in [1.82, 2.24) is 78.6 Å². The predicted molar refractivity (Wildman–Crippen MR) is 483 cm³/mol. The van der Waals surface area contributed by atoms with Gasteiger partial charge in [-0.15, -0.1) is 0 Å². The summed E-state index contributed by atoms with van der Waals surface area (Å²) in [5.41, 5.74) is 8.46. The quantitative estimate of drug-likeness (QED) is 0.00500. The molecule has 2 fully saturated rings. The number of ether oxygens (including phenoxy) is 1. The standard InChI is InChI=1S/C59H84N18O14.C18H14F4N2O4S.C11H11F3N2O3/c1-31(2)22-40(49(82)68-39(12-8-20-64-57(60)61)56(89)77-21-9-13-46(77)55(88)75-76-58(62)90)69-54(87)45(29-91-59(3,4)5)74-50(83)41(23-32-14-16-35(79)17-15-32)70-53(86)44(28-78)73-51(84)42(24-33-26-65-37-11-7-6-10-36(33)37)71-52(85)43(25-34-27-63-30-66-34)72-48(81)38-18-19-47(80)67-38;1-17(26,10-29(27,28)14-6-3-12(19)4-7-14)16(25)24-13-5-2-11(9-23)15(8-13)18(20,21)22;1-6(2)10(17)15-7-3-4-9(16(18)19)8(5-7)11(12,13)14/h6-7,10-11,14-17,26-27,30-31,38-46,65,78-79H,8-9,12-13,18-25,28-29H2,1-5H3,(H,63,66)(H,67,80)(H,68,82)(H,69,87)(H,70,86)(H,71,85)(H,72,81)(H,73,84)(H,74,83)(H,75,88)(H4,60,61,64)(H3,62,76,90);2-8,26H,10H2,1H3,(H,24,25);3-6H,1-2H3,(H,15,17)/t38-,39-,40-,41-,42-,43-,44-,45+,46-;;/m0../s1. The molecular formula is C88H109F7N22O21S. The third-order valence-corrected chi connectivity index (χ3v) is 22.9. The maximum atomic E-state index is 14.8. The van der Waals surface area contributed by atoms with Crippen LogP contribution in [-0.2, 0) is 104 Å². The highest BCUT2D eigenvalue weighted by Gasteiger charge is 2.44. The van der Waals surface area contributed by atoms with E-state index >= 15 is 0 Å². The second kappa shape index (κ2) is 49.7. The minimum Gasteiger partial charge on any atom is -0.508 e. The summed E-state index contributed by atoms with van der Waals surface area (Å²) in [5.74, 6) is -12.7. The lowest BCUT2D eigenvalue weighted by Gasteiger charge is -2.31. The molecule has 0 bridgehead atoms. The number of sulfone groups is 1. The summed E-state index contributed by atoms with van der Waals surface area (Å²) in [5, 5.41) is 86.8. The molecule has 752 valence electrons. The number of fused-ring (bicyclic) bond motifs is 1. The van der Waals surface area contributed by atoms with Crippen LogP contribution in [0.2, 0.25) is 0 Å². The third-order valence-electron chi connectivity index (χ3n) is 21.0. The number of hydrogen-bond acceptors (Lipinski definition) is 24. The number of amides is 14. The van der Waals surface area contributed by atoms with E-state index in [0.29, 0.717) is 46.3 Å². The largest absolute Gasteiger partial charge is 0.508 e. The Hall–Kier alpha value is -14.9. The van der Waals surface area contributed by atoms with Gasteiger partial charge in [-0.2, -0.15) is 31.6 Å². The Bertz CT molecular complexity index is 5740. The van der Waals surface area contributed by atoms with Crippen molar-refractivity contribution in [2.45, 2.75) is 202 Å². The number of hydrazine groups is 1. The number of aromatic nitrogens is 3. The molecule has 2 aliphatic rings. The van der Waals surface area contributed by atoms with Gasteiger partial charge in [-0.3, -0.25) is 78.5 Å². The van der Waals surface area contributed by atoms with Crippen molar-refractivity contribution >= 4 is 121 Å². The number of primary amides is 1. The highest BCUT2D eigenvalue weighted by Crippen LogP contribution is 2.39. The fraction of sp³-hybridized carbons (Fsp3) is 0.432. The number of nitro benzene ring substituents is 1. The number of anilines is 2. The van der Waals surface area contributed by atoms with Gasteiger partial charge in [-0.25, -0.2) is 28.0 Å². The van der Waals surface area contributed by atoms with Gasteiger partial charge in [0.25, 0.3) is 17.5 Å². The van der Waals surface area contributed by atoms with Crippen LogP contribution in [0.25, 0.3) is 10.9 Å². The summed E-state index contributed by atoms with van der Waals surface area (Å²) in [6.07, 6.45) is -4.77. The van der Waals surface area contributed by atoms with Crippen molar-refractivity contribution in [1.29, 1.82) is 10.7 Å². The Labute approximate surface area is 790 Å². The van der Waals surface area contributed by atoms with E-state index in [-0.39, 0.29) is 111 Å². The number of aromatic hydroxyl groups is 1. The van der Waals surface area contributed by atoms with Gasteiger partial charge in [0.15, 0.2) is 21.4 Å². The van der Waals surface area contributed by atoms with E-state index in [4.69, 9.17) is 26.9 Å². The van der Waals surface area contributed by atoms with E-state index in [1.165, 1.54) is 47.8 Å². The number of nitro groups is 1. The van der Waals surface area contributed by atoms with Crippen LogP contribution in [0, 0.1) is 44.5 Å². The Balaban J connectivity index is 0.000000441. The summed E-state index contributed by atoms with van der Waals surface area (Å²) >= 11 is 0. The van der Waals surface area contributed by atoms with E-state index in [1.807, 2.05) is 10.7 Å². The molecule has 0 radical (unpaired) electrons. The zero-order chi connectivity index (χ0) is 103. The number of rotatable bonds is 39. The number of carbonyl (C=O) groups excluding carboxylic acids is 13. The van der Waals surface area contributed by atoms with Gasteiger partial charge in [-0.1, -0.05) is 58.0 Å². The molecule has 2 saturated heterocycles. The van der Waals surface area contributed by atoms with Gasteiger partial charge in [0, 0.05) is 85.4 Å². The number of carbonyl (C=O) groups is 13. The van der Waals surface area contributed by atoms with E-state index < -0.39 is 217 Å². The van der Waals surface area contributed by atoms with Gasteiger partial charge < -0.3 is 105 Å². The monoisotopic (exact) mass is 1970 g/mol. The smallest absolute Gasteiger partial charge is 0.423 e. The summed E-state index contributed by atoms with van der Waals surface area (Å²) in [4.78, 5) is 196. The lowest BCUT2D eigenvalue weighted by molar-refractivity contribution is -0.388. The third kappa shape index (κ3) is 34.4. The van der Waals surface area contributed by atoms with Gasteiger partial charge in [-0.05, 0) is 156 Å². The van der Waals surface area contributed by atoms with Crippen LogP contribution < -0.4 is 80.8 Å². The van der Waals surface area contributed by atoms with Crippen LogP contribution in [0.15, 0.2) is 133 Å². The van der Waals surface area contributed by atoms with E-state index in [2.05, 4.69) is 73.5 Å². The number of phenolic OH excluding ortho intramolecular Hbond substituents is 1. The molecule has 10 atom stereocenters. The topological polar surface area (TPSA) is 673 Å². The molecule has 2 aromatic heterocycles. The molecule has 2 aliphatic heterocycles. The molecule has 43 nitrogen and oxygen atoms in total. The number of likely N-dealkylation sites (tertiary alicyclic amines) is 1. The maximum Gasteiger partial charge on any atom is 0.423 e. The van der Waals surface area contributed by atoms with E-state index in [1.54, 1.807) is 78.9 Å². The van der Waals surface area contributed by atoms with Crippen molar-refractivity contribution < 1.29 is 126 Å². The number of aliphatic hydroxyl groups excluding tert-OH is 1. The van der Waals surface area contributed by atoms with Crippen molar-refractivity contribution in [3.8, 4) is 11.8 Å². The van der Waals surface area contributed by atoms with Gasteiger partial charge in [0.2, 0.25) is 59.1 Å². The second-order valence-electron chi connectivity index (χ2n) is 34.1. The molecule has 7 aromatic rings. The number of nitriles is 1. The summed E-state index contributed by atoms with van der Waals surface area (Å²) in [7, 11) is -4.21. The number of H-pyrrole nitrogens is 2. The van der Waals surface area contributed by atoms with Crippen LogP contribution in [0.1, 0.15) is 134 Å². The van der Waals surface area contributed by atoms with Gasteiger partial charge >= 0.3 is 18.4 Å². The number of hydrogen-bond donors (Lipinski definition) is 21. The molecule has 1 unspecified atom stereocenters. The fourth-order valence-electron chi connectivity index (χ4n) is 13.9. The van der Waals surface area contributed by atoms with Crippen LogP contribution >= 0.6 is 0 Å².